The molecule has 210 valence electrons. The molecule has 0 aromatic heterocycles. The number of hydrogen-bond acceptors (Lipinski definition) is 4. The molecule has 10 heteroatoms. The van der Waals surface area contributed by atoms with Crippen LogP contribution in [0, 0.1) is 18.2 Å². The number of amides is 1. The largest absolute Gasteiger partial charge is 0.496 e. The minimum absolute atomic E-state index is 0.121. The van der Waals surface area contributed by atoms with Crippen LogP contribution < -0.4 is 4.74 Å². The minimum atomic E-state index is -4.54. The van der Waals surface area contributed by atoms with Gasteiger partial charge in [-0.1, -0.05) is 25.5 Å². The number of alkyl halides is 3. The molecule has 1 N–H and O–H groups in total. The van der Waals surface area contributed by atoms with Crippen LogP contribution in [-0.2, 0) is 10.9 Å². The Morgan fingerprint density at radius 1 is 1.21 bits per heavy atom. The summed E-state index contributed by atoms with van der Waals surface area (Å²) in [5, 5.41) is 9.49. The number of carboxylic acid groups (broad SMARTS) is 1. The SMILES string of the molecule is COc1cc(F)c(C(=O)O)cc1C1=C(CN2C(=O)O[C@H](c3cc(C)cc(C(F)(F)F)c3)[C@@H]2C)CC(C)(C)CC1. The molecule has 1 saturated heterocycles. The Hall–Kier alpha value is -3.56. The summed E-state index contributed by atoms with van der Waals surface area (Å²) in [7, 11) is 1.37. The number of benzene rings is 2. The number of rotatable bonds is 6. The first-order chi connectivity index (χ1) is 18.1. The van der Waals surface area contributed by atoms with Crippen molar-refractivity contribution >= 4 is 17.6 Å². The average Bonchev–Trinajstić information content (AvgIpc) is 3.11. The van der Waals surface area contributed by atoms with Gasteiger partial charge in [0.2, 0.25) is 0 Å². The number of methoxy groups -OCH3 is 1. The number of allylic oxidation sites excluding steroid dienone is 1. The van der Waals surface area contributed by atoms with E-state index in [9.17, 15) is 32.3 Å². The monoisotopic (exact) mass is 549 g/mol. The first kappa shape index (κ1) is 28.4. The topological polar surface area (TPSA) is 76.1 Å². The lowest BCUT2D eigenvalue weighted by molar-refractivity contribution is -0.137. The second-order valence-electron chi connectivity index (χ2n) is 11.1. The maximum absolute atomic E-state index is 14.4. The number of aryl methyl sites for hydroxylation is 1. The molecule has 0 unspecified atom stereocenters. The minimum Gasteiger partial charge on any atom is -0.496 e. The van der Waals surface area contributed by atoms with Crippen LogP contribution in [-0.4, -0.2) is 41.8 Å². The number of aromatic carboxylic acids is 1. The molecule has 0 saturated carbocycles. The molecular formula is C29H31F4NO5. The average molecular weight is 550 g/mol. The van der Waals surface area contributed by atoms with Crippen LogP contribution >= 0.6 is 0 Å². The Morgan fingerprint density at radius 3 is 2.51 bits per heavy atom. The van der Waals surface area contributed by atoms with Crippen LogP contribution in [0.4, 0.5) is 22.4 Å². The molecule has 2 aliphatic rings. The van der Waals surface area contributed by atoms with Gasteiger partial charge in [0.15, 0.2) is 0 Å². The third-order valence-electron chi connectivity index (χ3n) is 7.52. The van der Waals surface area contributed by atoms with Gasteiger partial charge in [0.1, 0.15) is 17.7 Å². The number of cyclic esters (lactones) is 1. The molecule has 2 aromatic carbocycles. The molecule has 2 atom stereocenters. The van der Waals surface area contributed by atoms with Gasteiger partial charge in [-0.05, 0) is 73.4 Å². The molecule has 1 fully saturated rings. The van der Waals surface area contributed by atoms with Gasteiger partial charge in [0, 0.05) is 18.2 Å². The maximum atomic E-state index is 14.4. The molecule has 6 nitrogen and oxygen atoms in total. The lowest BCUT2D eigenvalue weighted by Gasteiger charge is -2.36. The first-order valence-electron chi connectivity index (χ1n) is 12.6. The van der Waals surface area contributed by atoms with Gasteiger partial charge in [-0.3, -0.25) is 4.90 Å². The molecule has 1 aliphatic heterocycles. The van der Waals surface area contributed by atoms with Crippen molar-refractivity contribution in [2.45, 2.75) is 65.3 Å². The van der Waals surface area contributed by atoms with Crippen LogP contribution in [0.3, 0.4) is 0 Å². The van der Waals surface area contributed by atoms with E-state index in [1.54, 1.807) is 19.9 Å². The summed E-state index contributed by atoms with van der Waals surface area (Å²) < 4.78 is 65.7. The summed E-state index contributed by atoms with van der Waals surface area (Å²) in [5.74, 6) is -2.15. The zero-order valence-corrected chi connectivity index (χ0v) is 22.4. The van der Waals surface area contributed by atoms with Crippen molar-refractivity contribution in [3.63, 3.8) is 0 Å². The Morgan fingerprint density at radius 2 is 1.90 bits per heavy atom. The van der Waals surface area contributed by atoms with E-state index in [1.807, 2.05) is 0 Å². The molecule has 39 heavy (non-hydrogen) atoms. The Balaban J connectivity index is 1.74. The van der Waals surface area contributed by atoms with E-state index in [0.717, 1.165) is 35.8 Å². The Labute approximate surface area is 224 Å². The van der Waals surface area contributed by atoms with Crippen LogP contribution in [0.2, 0.25) is 0 Å². The Bertz CT molecular complexity index is 1350. The van der Waals surface area contributed by atoms with Crippen LogP contribution in [0.5, 0.6) is 5.75 Å². The van der Waals surface area contributed by atoms with Crippen molar-refractivity contribution in [1.29, 1.82) is 0 Å². The number of hydrogen-bond donors (Lipinski definition) is 1. The number of carbonyl (C=O) groups excluding carboxylic acids is 1. The van der Waals surface area contributed by atoms with Crippen molar-refractivity contribution in [2.75, 3.05) is 13.7 Å². The quantitative estimate of drug-likeness (QED) is 0.380. The summed E-state index contributed by atoms with van der Waals surface area (Å²) in [5.41, 5.74) is 1.25. The molecule has 1 amide bonds. The molecule has 0 spiro atoms. The number of nitrogens with zero attached hydrogens (tertiary/aromatic N) is 1. The van der Waals surface area contributed by atoms with Crippen LogP contribution in [0.1, 0.15) is 78.7 Å². The fraction of sp³-hybridized carbons (Fsp3) is 0.448. The van der Waals surface area contributed by atoms with Gasteiger partial charge in [-0.15, -0.1) is 0 Å². The van der Waals surface area contributed by atoms with E-state index >= 15 is 0 Å². The molecular weight excluding hydrogens is 518 g/mol. The van der Waals surface area contributed by atoms with Crippen molar-refractivity contribution in [3.05, 3.63) is 69.5 Å². The highest BCUT2D eigenvalue weighted by Gasteiger charge is 2.42. The molecule has 0 bridgehead atoms. The standard InChI is InChI=1S/C29H31F4NO5/c1-15-8-17(10-19(9-15)29(31,32)33)25-16(2)34(27(37)39-25)14-18-13-28(3,4)7-6-20(18)21-11-22(26(35)36)23(30)12-24(21)38-5/h8-12,16,25H,6-7,13-14H2,1-5H3,(H,35,36)/t16-,25-/m0/s1. The maximum Gasteiger partial charge on any atom is 0.416 e. The summed E-state index contributed by atoms with van der Waals surface area (Å²) in [6, 6.07) is 5.36. The van der Waals surface area contributed by atoms with Gasteiger partial charge >= 0.3 is 18.2 Å². The summed E-state index contributed by atoms with van der Waals surface area (Å²) in [6.45, 7) is 7.56. The second-order valence-corrected chi connectivity index (χ2v) is 11.1. The van der Waals surface area contributed by atoms with Crippen LogP contribution in [0.25, 0.3) is 5.57 Å². The lowest BCUT2D eigenvalue weighted by Crippen LogP contribution is -2.35. The van der Waals surface area contributed by atoms with Crippen molar-refractivity contribution in [2.24, 2.45) is 5.41 Å². The van der Waals surface area contributed by atoms with Crippen molar-refractivity contribution < 1.29 is 41.7 Å². The van der Waals surface area contributed by atoms with Gasteiger partial charge in [0.05, 0.1) is 24.3 Å². The summed E-state index contributed by atoms with van der Waals surface area (Å²) >= 11 is 0. The predicted octanol–water partition coefficient (Wildman–Crippen LogP) is 7.41. The van der Waals surface area contributed by atoms with Crippen molar-refractivity contribution in [3.8, 4) is 5.75 Å². The van der Waals surface area contributed by atoms with Gasteiger partial charge < -0.3 is 14.6 Å². The van der Waals surface area contributed by atoms with Crippen LogP contribution in [0.15, 0.2) is 35.9 Å². The molecule has 1 heterocycles. The fourth-order valence-electron chi connectivity index (χ4n) is 5.52. The molecule has 1 aliphatic carbocycles. The van der Waals surface area contributed by atoms with E-state index in [2.05, 4.69) is 13.8 Å². The smallest absolute Gasteiger partial charge is 0.416 e. The first-order valence-corrected chi connectivity index (χ1v) is 12.6. The predicted molar refractivity (Wildman–Crippen MR) is 136 cm³/mol. The second kappa shape index (κ2) is 10.2. The zero-order valence-electron chi connectivity index (χ0n) is 22.4. The highest BCUT2D eigenvalue weighted by atomic mass is 19.4. The third-order valence-corrected chi connectivity index (χ3v) is 7.52. The van der Waals surface area contributed by atoms with Gasteiger partial charge in [-0.25, -0.2) is 14.0 Å². The third kappa shape index (κ3) is 5.74. The normalized spacial score (nSPS) is 21.3. The highest BCUT2D eigenvalue weighted by molar-refractivity contribution is 5.90. The number of carboxylic acids is 1. The zero-order chi connectivity index (χ0) is 28.9. The van der Waals surface area contributed by atoms with Gasteiger partial charge in [0.25, 0.3) is 0 Å². The highest BCUT2D eigenvalue weighted by Crippen LogP contribution is 2.46. The van der Waals surface area contributed by atoms with Gasteiger partial charge in [-0.2, -0.15) is 13.2 Å². The fourth-order valence-corrected chi connectivity index (χ4v) is 5.52. The lowest BCUT2D eigenvalue weighted by atomic mass is 9.72. The molecule has 4 rings (SSSR count). The van der Waals surface area contributed by atoms with E-state index < -0.39 is 47.3 Å². The van der Waals surface area contributed by atoms with E-state index in [4.69, 9.17) is 9.47 Å². The van der Waals surface area contributed by atoms with E-state index in [-0.39, 0.29) is 23.3 Å². The number of halogens is 4. The number of ether oxygens (including phenoxy) is 2. The van der Waals surface area contributed by atoms with E-state index in [0.29, 0.717) is 24.0 Å². The van der Waals surface area contributed by atoms with E-state index in [1.165, 1.54) is 18.1 Å². The summed E-state index contributed by atoms with van der Waals surface area (Å²) in [6.07, 6.45) is -4.23. The van der Waals surface area contributed by atoms with Crippen molar-refractivity contribution in [1.82, 2.24) is 4.90 Å². The molecule has 0 radical (unpaired) electrons. The molecule has 2 aromatic rings. The number of carbonyl (C=O) groups is 2. The summed E-state index contributed by atoms with van der Waals surface area (Å²) in [4.78, 5) is 26.2. The Kier molecular flexibility index (Phi) is 7.44.